The van der Waals surface area contributed by atoms with Crippen LogP contribution in [-0.2, 0) is 4.79 Å². The number of rotatable bonds is 2. The second-order valence-electron chi connectivity index (χ2n) is 5.15. The van der Waals surface area contributed by atoms with Gasteiger partial charge in [-0.3, -0.25) is 9.48 Å². The van der Waals surface area contributed by atoms with E-state index in [2.05, 4.69) is 52.3 Å². The standard InChI is InChI=1S/C12H15IN2O/c1-6(2)15-8(5-10(13)14-15)11-7-3-4-9(16)12(7)11/h5-7,11-12H,3-4H2,1-2H3/t7-,11+,12+/m1/s1. The van der Waals surface area contributed by atoms with E-state index in [0.717, 1.165) is 16.5 Å². The van der Waals surface area contributed by atoms with Crippen molar-refractivity contribution >= 4 is 28.4 Å². The lowest BCUT2D eigenvalue weighted by Crippen LogP contribution is -2.09. The molecule has 0 spiro atoms. The molecule has 86 valence electrons. The minimum Gasteiger partial charge on any atom is -0.299 e. The molecule has 0 unspecified atom stereocenters. The molecule has 1 aromatic rings. The first-order valence-electron chi connectivity index (χ1n) is 5.87. The van der Waals surface area contributed by atoms with Gasteiger partial charge >= 0.3 is 0 Å². The zero-order chi connectivity index (χ0) is 11.4. The zero-order valence-corrected chi connectivity index (χ0v) is 11.6. The van der Waals surface area contributed by atoms with Gasteiger partial charge in [0, 0.05) is 30.0 Å². The summed E-state index contributed by atoms with van der Waals surface area (Å²) in [6.07, 6.45) is 1.90. The maximum absolute atomic E-state index is 11.7. The molecule has 16 heavy (non-hydrogen) atoms. The van der Waals surface area contributed by atoms with Crippen LogP contribution < -0.4 is 0 Å². The van der Waals surface area contributed by atoms with E-state index in [1.807, 2.05) is 0 Å². The quantitative estimate of drug-likeness (QED) is 0.782. The van der Waals surface area contributed by atoms with E-state index < -0.39 is 0 Å². The molecule has 2 aliphatic carbocycles. The Hall–Kier alpha value is -0.390. The van der Waals surface area contributed by atoms with Gasteiger partial charge in [-0.15, -0.1) is 0 Å². The van der Waals surface area contributed by atoms with Gasteiger partial charge in [0.1, 0.15) is 9.48 Å². The Labute approximate surface area is 109 Å². The van der Waals surface area contributed by atoms with Crippen LogP contribution >= 0.6 is 22.6 Å². The normalized spacial score (nSPS) is 32.2. The molecule has 0 aromatic carbocycles. The van der Waals surface area contributed by atoms with Gasteiger partial charge in [0.15, 0.2) is 0 Å². The fourth-order valence-electron chi connectivity index (χ4n) is 3.09. The van der Waals surface area contributed by atoms with Crippen LogP contribution in [0.3, 0.4) is 0 Å². The molecule has 0 aliphatic heterocycles. The van der Waals surface area contributed by atoms with Crippen LogP contribution in [0.1, 0.15) is 44.3 Å². The molecule has 1 heterocycles. The van der Waals surface area contributed by atoms with E-state index in [4.69, 9.17) is 0 Å². The summed E-state index contributed by atoms with van der Waals surface area (Å²) in [6.45, 7) is 4.29. The van der Waals surface area contributed by atoms with Crippen LogP contribution in [0, 0.1) is 15.5 Å². The summed E-state index contributed by atoms with van der Waals surface area (Å²) in [5.41, 5.74) is 1.28. The molecule has 2 saturated carbocycles. The monoisotopic (exact) mass is 330 g/mol. The van der Waals surface area contributed by atoms with Gasteiger partial charge in [-0.25, -0.2) is 0 Å². The van der Waals surface area contributed by atoms with Gasteiger partial charge in [-0.2, -0.15) is 5.10 Å². The number of carbonyl (C=O) groups excluding carboxylic acids is 1. The summed E-state index contributed by atoms with van der Waals surface area (Å²) in [7, 11) is 0. The molecule has 0 radical (unpaired) electrons. The Morgan fingerprint density at radius 3 is 2.81 bits per heavy atom. The Balaban J connectivity index is 1.94. The highest BCUT2D eigenvalue weighted by atomic mass is 127. The van der Waals surface area contributed by atoms with E-state index in [9.17, 15) is 4.79 Å². The Kier molecular flexibility index (Phi) is 2.38. The van der Waals surface area contributed by atoms with Crippen LogP contribution in [0.2, 0.25) is 0 Å². The largest absolute Gasteiger partial charge is 0.299 e. The number of nitrogens with zero attached hydrogens (tertiary/aromatic N) is 2. The van der Waals surface area contributed by atoms with E-state index in [1.54, 1.807) is 0 Å². The molecule has 0 saturated heterocycles. The molecule has 0 N–H and O–H groups in total. The van der Waals surface area contributed by atoms with Gasteiger partial charge in [-0.1, -0.05) is 0 Å². The number of hydrogen-bond acceptors (Lipinski definition) is 2. The lowest BCUT2D eigenvalue weighted by molar-refractivity contribution is -0.119. The number of fused-ring (bicyclic) bond motifs is 1. The second kappa shape index (κ2) is 3.55. The van der Waals surface area contributed by atoms with Crippen molar-refractivity contribution in [3.05, 3.63) is 15.5 Å². The third-order valence-corrected chi connectivity index (χ3v) is 4.36. The summed E-state index contributed by atoms with van der Waals surface area (Å²) in [5.74, 6) is 1.89. The summed E-state index contributed by atoms with van der Waals surface area (Å²) >= 11 is 2.25. The van der Waals surface area contributed by atoms with Crippen molar-refractivity contribution in [3.8, 4) is 0 Å². The van der Waals surface area contributed by atoms with Crippen molar-refractivity contribution in [2.24, 2.45) is 11.8 Å². The smallest absolute Gasteiger partial charge is 0.136 e. The summed E-state index contributed by atoms with van der Waals surface area (Å²) < 4.78 is 3.14. The van der Waals surface area contributed by atoms with E-state index in [1.165, 1.54) is 5.69 Å². The average molecular weight is 330 g/mol. The minimum atomic E-state index is 0.324. The topological polar surface area (TPSA) is 34.9 Å². The minimum absolute atomic E-state index is 0.324. The first-order valence-corrected chi connectivity index (χ1v) is 6.95. The maximum Gasteiger partial charge on any atom is 0.136 e. The second-order valence-corrected chi connectivity index (χ2v) is 6.26. The van der Waals surface area contributed by atoms with Crippen molar-refractivity contribution < 1.29 is 4.79 Å². The van der Waals surface area contributed by atoms with E-state index >= 15 is 0 Å². The van der Waals surface area contributed by atoms with Crippen molar-refractivity contribution in [2.45, 2.75) is 38.6 Å². The number of halogens is 1. The van der Waals surface area contributed by atoms with E-state index in [-0.39, 0.29) is 0 Å². The Bertz CT molecular complexity index is 452. The number of carbonyl (C=O) groups is 1. The van der Waals surface area contributed by atoms with Crippen LogP contribution in [0.5, 0.6) is 0 Å². The van der Waals surface area contributed by atoms with Crippen molar-refractivity contribution in [3.63, 3.8) is 0 Å². The molecule has 2 fully saturated rings. The molecule has 0 amide bonds. The van der Waals surface area contributed by atoms with Gasteiger partial charge < -0.3 is 0 Å². The lowest BCUT2D eigenvalue weighted by Gasteiger charge is -2.11. The van der Waals surface area contributed by atoms with Crippen molar-refractivity contribution in [2.75, 3.05) is 0 Å². The molecule has 3 rings (SSSR count). The highest BCUT2D eigenvalue weighted by Gasteiger charge is 2.59. The average Bonchev–Trinajstić information content (AvgIpc) is 2.61. The van der Waals surface area contributed by atoms with Crippen LogP contribution in [0.25, 0.3) is 0 Å². The number of aromatic nitrogens is 2. The van der Waals surface area contributed by atoms with Gasteiger partial charge in [0.2, 0.25) is 0 Å². The van der Waals surface area contributed by atoms with Crippen molar-refractivity contribution in [1.29, 1.82) is 0 Å². The molecule has 4 heteroatoms. The van der Waals surface area contributed by atoms with Gasteiger partial charge in [0.05, 0.1) is 0 Å². The van der Waals surface area contributed by atoms with Crippen LogP contribution in [0.4, 0.5) is 0 Å². The molecular weight excluding hydrogens is 315 g/mol. The van der Waals surface area contributed by atoms with Crippen molar-refractivity contribution in [1.82, 2.24) is 9.78 Å². The predicted octanol–water partition coefficient (Wildman–Crippen LogP) is 2.76. The maximum atomic E-state index is 11.7. The zero-order valence-electron chi connectivity index (χ0n) is 9.48. The fourth-order valence-corrected chi connectivity index (χ4v) is 3.64. The lowest BCUT2D eigenvalue weighted by atomic mass is 10.1. The first kappa shape index (κ1) is 10.7. The van der Waals surface area contributed by atoms with E-state index in [0.29, 0.717) is 29.6 Å². The summed E-state index contributed by atoms with van der Waals surface area (Å²) in [6, 6.07) is 2.53. The predicted molar refractivity (Wildman–Crippen MR) is 69.3 cm³/mol. The Morgan fingerprint density at radius 1 is 1.50 bits per heavy atom. The van der Waals surface area contributed by atoms with Gasteiger partial charge in [0.25, 0.3) is 0 Å². The number of ketones is 1. The third-order valence-electron chi connectivity index (χ3n) is 3.83. The molecular formula is C12H15IN2O. The number of hydrogen-bond donors (Lipinski definition) is 0. The summed E-state index contributed by atoms with van der Waals surface area (Å²) in [5, 5.41) is 4.52. The first-order chi connectivity index (χ1) is 7.59. The summed E-state index contributed by atoms with van der Waals surface area (Å²) in [4.78, 5) is 11.7. The fraction of sp³-hybridized carbons (Fsp3) is 0.667. The molecule has 1 aromatic heterocycles. The molecule has 3 atom stereocenters. The van der Waals surface area contributed by atoms with Gasteiger partial charge in [-0.05, 0) is 54.8 Å². The number of Topliss-reactive ketones (excluding diaryl/α,β-unsaturated/α-hetero) is 1. The highest BCUT2D eigenvalue weighted by Crippen LogP contribution is 2.61. The molecule has 0 bridgehead atoms. The third kappa shape index (κ3) is 1.45. The SMILES string of the molecule is CC(C)n1nc(I)cc1[C@@H]1[C@H]2CCC(=O)[C@H]21. The Morgan fingerprint density at radius 2 is 2.25 bits per heavy atom. The van der Waals surface area contributed by atoms with Crippen LogP contribution in [-0.4, -0.2) is 15.6 Å². The van der Waals surface area contributed by atoms with Crippen LogP contribution in [0.15, 0.2) is 6.07 Å². The molecule has 3 nitrogen and oxygen atoms in total. The molecule has 2 aliphatic rings. The highest BCUT2D eigenvalue weighted by molar-refractivity contribution is 14.1.